The standard InChI is InChI=1S/C13H19NO2S/c1-3-16-13(15)12(14)7-8-17-11-6-4-5-10(2)9-11/h4-6,9,12H,3,7-8,14H2,1-2H3. The number of rotatable bonds is 6. The molecule has 0 heterocycles. The maximum Gasteiger partial charge on any atom is 0.322 e. The monoisotopic (exact) mass is 253 g/mol. The van der Waals surface area contributed by atoms with Crippen molar-refractivity contribution in [1.82, 2.24) is 0 Å². The minimum Gasteiger partial charge on any atom is -0.465 e. The van der Waals surface area contributed by atoms with Crippen LogP contribution in [0.1, 0.15) is 18.9 Å². The van der Waals surface area contributed by atoms with Crippen molar-refractivity contribution in [3.05, 3.63) is 29.8 Å². The Morgan fingerprint density at radius 2 is 2.29 bits per heavy atom. The number of benzene rings is 1. The van der Waals surface area contributed by atoms with Gasteiger partial charge in [-0.1, -0.05) is 17.7 Å². The van der Waals surface area contributed by atoms with Crippen LogP contribution in [0.2, 0.25) is 0 Å². The molecule has 94 valence electrons. The molecule has 0 fully saturated rings. The number of carbonyl (C=O) groups excluding carboxylic acids is 1. The average Bonchev–Trinajstić information content (AvgIpc) is 2.29. The van der Waals surface area contributed by atoms with Gasteiger partial charge in [-0.3, -0.25) is 4.79 Å². The van der Waals surface area contributed by atoms with E-state index in [1.165, 1.54) is 10.5 Å². The van der Waals surface area contributed by atoms with Crippen LogP contribution in [0.4, 0.5) is 0 Å². The molecule has 17 heavy (non-hydrogen) atoms. The average molecular weight is 253 g/mol. The van der Waals surface area contributed by atoms with Crippen molar-refractivity contribution < 1.29 is 9.53 Å². The van der Waals surface area contributed by atoms with Gasteiger partial charge in [0.05, 0.1) is 6.61 Å². The fourth-order valence-corrected chi connectivity index (χ4v) is 2.43. The van der Waals surface area contributed by atoms with E-state index in [4.69, 9.17) is 10.5 Å². The first kappa shape index (κ1) is 14.1. The lowest BCUT2D eigenvalue weighted by molar-refractivity contribution is -0.144. The summed E-state index contributed by atoms with van der Waals surface area (Å²) in [6.45, 7) is 4.23. The van der Waals surface area contributed by atoms with Crippen LogP contribution >= 0.6 is 11.8 Å². The van der Waals surface area contributed by atoms with Crippen molar-refractivity contribution in [3.63, 3.8) is 0 Å². The highest BCUT2D eigenvalue weighted by molar-refractivity contribution is 7.99. The van der Waals surface area contributed by atoms with Gasteiger partial charge >= 0.3 is 5.97 Å². The van der Waals surface area contributed by atoms with Crippen LogP contribution in [0, 0.1) is 6.92 Å². The molecule has 0 aliphatic heterocycles. The first-order valence-electron chi connectivity index (χ1n) is 5.75. The highest BCUT2D eigenvalue weighted by atomic mass is 32.2. The number of ether oxygens (including phenoxy) is 1. The second-order valence-corrected chi connectivity index (χ2v) is 4.98. The molecule has 0 radical (unpaired) electrons. The Balaban J connectivity index is 2.30. The summed E-state index contributed by atoms with van der Waals surface area (Å²) >= 11 is 1.71. The lowest BCUT2D eigenvalue weighted by atomic mass is 10.2. The summed E-state index contributed by atoms with van der Waals surface area (Å²) < 4.78 is 4.85. The summed E-state index contributed by atoms with van der Waals surface area (Å²) in [5, 5.41) is 0. The quantitative estimate of drug-likeness (QED) is 0.624. The SMILES string of the molecule is CCOC(=O)C(N)CCSc1cccc(C)c1. The molecule has 0 aromatic heterocycles. The highest BCUT2D eigenvalue weighted by Crippen LogP contribution is 2.20. The zero-order valence-electron chi connectivity index (χ0n) is 10.3. The van der Waals surface area contributed by atoms with Crippen molar-refractivity contribution in [3.8, 4) is 0 Å². The van der Waals surface area contributed by atoms with Gasteiger partial charge in [0.2, 0.25) is 0 Å². The van der Waals surface area contributed by atoms with Crippen LogP contribution in [-0.2, 0) is 9.53 Å². The third-order valence-corrected chi connectivity index (χ3v) is 3.30. The van der Waals surface area contributed by atoms with Crippen LogP contribution in [-0.4, -0.2) is 24.4 Å². The minimum atomic E-state index is -0.507. The van der Waals surface area contributed by atoms with Gasteiger partial charge in [-0.25, -0.2) is 0 Å². The molecular formula is C13H19NO2S. The summed E-state index contributed by atoms with van der Waals surface area (Å²) in [6.07, 6.45) is 0.636. The van der Waals surface area contributed by atoms with Crippen molar-refractivity contribution in [1.29, 1.82) is 0 Å². The van der Waals surface area contributed by atoms with Crippen LogP contribution in [0.25, 0.3) is 0 Å². The van der Waals surface area contributed by atoms with E-state index in [-0.39, 0.29) is 5.97 Å². The van der Waals surface area contributed by atoms with E-state index in [9.17, 15) is 4.79 Å². The molecular weight excluding hydrogens is 234 g/mol. The zero-order chi connectivity index (χ0) is 12.7. The molecule has 0 amide bonds. The van der Waals surface area contributed by atoms with E-state index in [0.717, 1.165) is 5.75 Å². The van der Waals surface area contributed by atoms with Crippen LogP contribution in [0.5, 0.6) is 0 Å². The zero-order valence-corrected chi connectivity index (χ0v) is 11.1. The number of nitrogens with two attached hydrogens (primary N) is 1. The topological polar surface area (TPSA) is 52.3 Å². The maximum atomic E-state index is 11.3. The molecule has 0 aliphatic carbocycles. The summed E-state index contributed by atoms with van der Waals surface area (Å²) in [6, 6.07) is 7.78. The summed E-state index contributed by atoms with van der Waals surface area (Å²) in [4.78, 5) is 12.5. The summed E-state index contributed by atoms with van der Waals surface area (Å²) in [5.41, 5.74) is 6.95. The van der Waals surface area contributed by atoms with Gasteiger partial charge in [-0.15, -0.1) is 11.8 Å². The maximum absolute atomic E-state index is 11.3. The van der Waals surface area contributed by atoms with E-state index in [0.29, 0.717) is 13.0 Å². The first-order chi connectivity index (χ1) is 8.13. The van der Waals surface area contributed by atoms with E-state index in [1.807, 2.05) is 6.07 Å². The number of hydrogen-bond acceptors (Lipinski definition) is 4. The first-order valence-corrected chi connectivity index (χ1v) is 6.73. The highest BCUT2D eigenvalue weighted by Gasteiger charge is 2.13. The van der Waals surface area contributed by atoms with E-state index in [2.05, 4.69) is 25.1 Å². The van der Waals surface area contributed by atoms with Crippen molar-refractivity contribution >= 4 is 17.7 Å². The largest absolute Gasteiger partial charge is 0.465 e. The fraction of sp³-hybridized carbons (Fsp3) is 0.462. The summed E-state index contributed by atoms with van der Waals surface area (Å²) in [5.74, 6) is 0.515. The van der Waals surface area contributed by atoms with Crippen LogP contribution < -0.4 is 5.73 Å². The van der Waals surface area contributed by atoms with Crippen LogP contribution in [0.15, 0.2) is 29.2 Å². The van der Waals surface area contributed by atoms with Gasteiger partial charge in [0, 0.05) is 10.6 Å². The van der Waals surface area contributed by atoms with Gasteiger partial charge in [0.25, 0.3) is 0 Å². The van der Waals surface area contributed by atoms with Gasteiger partial charge < -0.3 is 10.5 Å². The number of hydrogen-bond donors (Lipinski definition) is 1. The lowest BCUT2D eigenvalue weighted by Gasteiger charge is -2.10. The third kappa shape index (κ3) is 5.24. The molecule has 0 spiro atoms. The van der Waals surface area contributed by atoms with Gasteiger partial charge in [0.15, 0.2) is 0 Å². The Kier molecular flexibility index (Phi) is 6.08. The third-order valence-electron chi connectivity index (χ3n) is 2.28. The Morgan fingerprint density at radius 3 is 2.94 bits per heavy atom. The van der Waals surface area contributed by atoms with E-state index < -0.39 is 6.04 Å². The van der Waals surface area contributed by atoms with E-state index >= 15 is 0 Å². The molecule has 1 aromatic rings. The number of thioether (sulfide) groups is 1. The smallest absolute Gasteiger partial charge is 0.322 e. The molecule has 4 heteroatoms. The Hall–Kier alpha value is -1.00. The number of esters is 1. The Bertz CT molecular complexity index is 368. The molecule has 1 rings (SSSR count). The van der Waals surface area contributed by atoms with Gasteiger partial charge in [-0.05, 0) is 32.4 Å². The Labute approximate surface area is 107 Å². The van der Waals surface area contributed by atoms with E-state index in [1.54, 1.807) is 18.7 Å². The predicted octanol–water partition coefficient (Wildman–Crippen LogP) is 2.37. The molecule has 0 saturated heterocycles. The molecule has 0 saturated carbocycles. The number of aryl methyl sites for hydroxylation is 1. The fourth-order valence-electron chi connectivity index (χ4n) is 1.38. The van der Waals surface area contributed by atoms with Crippen LogP contribution in [0.3, 0.4) is 0 Å². The molecule has 0 aliphatic rings. The molecule has 1 unspecified atom stereocenters. The van der Waals surface area contributed by atoms with Gasteiger partial charge in [-0.2, -0.15) is 0 Å². The second-order valence-electron chi connectivity index (χ2n) is 3.81. The predicted molar refractivity (Wildman–Crippen MR) is 71.1 cm³/mol. The molecule has 2 N–H and O–H groups in total. The number of carbonyl (C=O) groups is 1. The molecule has 1 atom stereocenters. The van der Waals surface area contributed by atoms with Crippen molar-refractivity contribution in [2.24, 2.45) is 5.73 Å². The summed E-state index contributed by atoms with van der Waals surface area (Å²) in [7, 11) is 0. The molecule has 0 bridgehead atoms. The normalized spacial score (nSPS) is 12.2. The second kappa shape index (κ2) is 7.35. The molecule has 3 nitrogen and oxygen atoms in total. The lowest BCUT2D eigenvalue weighted by Crippen LogP contribution is -2.32. The van der Waals surface area contributed by atoms with Crippen molar-refractivity contribution in [2.45, 2.75) is 31.2 Å². The molecule has 1 aromatic carbocycles. The minimum absolute atomic E-state index is 0.308. The van der Waals surface area contributed by atoms with Gasteiger partial charge in [0.1, 0.15) is 6.04 Å². The van der Waals surface area contributed by atoms with Crippen molar-refractivity contribution in [2.75, 3.05) is 12.4 Å². The Morgan fingerprint density at radius 1 is 1.53 bits per heavy atom.